The first kappa shape index (κ1) is 15.6. The molecule has 3 aromatic rings. The molecule has 120 valence electrons. The average Bonchev–Trinajstić information content (AvgIpc) is 2.59. The van der Waals surface area contributed by atoms with Gasteiger partial charge >= 0.3 is 0 Å². The fraction of sp³-hybridized carbons (Fsp3) is 0.0625. The Morgan fingerprint density at radius 2 is 1.83 bits per heavy atom. The molecular weight excluding hydrogens is 318 g/mol. The first-order valence-corrected chi connectivity index (χ1v) is 6.87. The number of hydrogen-bond donors (Lipinski definition) is 1. The average molecular weight is 328 g/mol. The lowest BCUT2D eigenvalue weighted by Crippen LogP contribution is -2.11. The zero-order valence-electron chi connectivity index (χ0n) is 12.1. The van der Waals surface area contributed by atoms with Gasteiger partial charge in [-0.05, 0) is 23.8 Å². The van der Waals surface area contributed by atoms with E-state index in [1.807, 2.05) is 0 Å². The second-order valence-electron chi connectivity index (χ2n) is 4.91. The molecule has 0 saturated heterocycles. The van der Waals surface area contributed by atoms with Crippen molar-refractivity contribution in [2.24, 2.45) is 5.18 Å². The maximum absolute atomic E-state index is 14.8. The highest BCUT2D eigenvalue weighted by atomic mass is 19.1. The largest absolute Gasteiger partial charge is 0.313 e. The van der Waals surface area contributed by atoms with Crippen molar-refractivity contribution >= 4 is 0 Å². The van der Waals surface area contributed by atoms with E-state index in [9.17, 15) is 18.5 Å². The van der Waals surface area contributed by atoms with Crippen molar-refractivity contribution in [2.75, 3.05) is 0 Å². The van der Waals surface area contributed by atoms with Gasteiger partial charge in [-0.1, -0.05) is 17.3 Å². The minimum Gasteiger partial charge on any atom is -0.313 e. The number of rotatable bonds is 4. The Hall–Kier alpha value is -3.29. The van der Waals surface area contributed by atoms with Crippen molar-refractivity contribution in [1.29, 1.82) is 0 Å². The summed E-state index contributed by atoms with van der Waals surface area (Å²) >= 11 is 0. The number of H-pyrrole nitrogens is 1. The van der Waals surface area contributed by atoms with Gasteiger partial charge in [0.15, 0.2) is 11.9 Å². The SMILES string of the molecule is O=NC(c1ccc(F)cc1)c1nccc(-c2cnc[nH]c2=O)c1F. The van der Waals surface area contributed by atoms with Crippen molar-refractivity contribution in [1.82, 2.24) is 15.0 Å². The van der Waals surface area contributed by atoms with E-state index < -0.39 is 23.2 Å². The van der Waals surface area contributed by atoms with Crippen LogP contribution in [-0.4, -0.2) is 15.0 Å². The molecule has 0 bridgehead atoms. The molecule has 2 aromatic heterocycles. The number of aromatic nitrogens is 3. The number of nitrogens with one attached hydrogen (secondary N) is 1. The van der Waals surface area contributed by atoms with Crippen molar-refractivity contribution in [3.63, 3.8) is 0 Å². The predicted molar refractivity (Wildman–Crippen MR) is 82.1 cm³/mol. The summed E-state index contributed by atoms with van der Waals surface area (Å²) in [7, 11) is 0. The molecule has 0 aliphatic rings. The number of nitroso groups, excluding NO2 is 1. The summed E-state index contributed by atoms with van der Waals surface area (Å²) < 4.78 is 27.8. The van der Waals surface area contributed by atoms with Gasteiger partial charge in [-0.25, -0.2) is 13.8 Å². The second kappa shape index (κ2) is 6.45. The zero-order valence-corrected chi connectivity index (χ0v) is 12.1. The van der Waals surface area contributed by atoms with E-state index in [1.165, 1.54) is 36.9 Å². The number of nitrogens with zero attached hydrogens (tertiary/aromatic N) is 3. The van der Waals surface area contributed by atoms with Gasteiger partial charge in [0.25, 0.3) is 5.56 Å². The summed E-state index contributed by atoms with van der Waals surface area (Å²) in [6.45, 7) is 0. The van der Waals surface area contributed by atoms with Crippen LogP contribution in [0.25, 0.3) is 11.1 Å². The predicted octanol–water partition coefficient (Wildman–Crippen LogP) is 2.97. The Labute approximate surface area is 134 Å². The summed E-state index contributed by atoms with van der Waals surface area (Å²) in [4.78, 5) is 33.0. The molecule has 0 fully saturated rings. The molecule has 6 nitrogen and oxygen atoms in total. The molecule has 0 saturated carbocycles. The Bertz CT molecular complexity index is 941. The number of hydrogen-bond acceptors (Lipinski definition) is 5. The third-order valence-corrected chi connectivity index (χ3v) is 3.47. The molecule has 24 heavy (non-hydrogen) atoms. The molecule has 1 N–H and O–H groups in total. The molecule has 1 atom stereocenters. The molecule has 0 amide bonds. The smallest absolute Gasteiger partial charge is 0.258 e. The third-order valence-electron chi connectivity index (χ3n) is 3.47. The topological polar surface area (TPSA) is 88.1 Å². The first-order chi connectivity index (χ1) is 11.6. The van der Waals surface area contributed by atoms with Crippen molar-refractivity contribution < 1.29 is 8.78 Å². The number of halogens is 2. The molecular formula is C16H10F2N4O2. The molecule has 0 spiro atoms. The highest BCUT2D eigenvalue weighted by molar-refractivity contribution is 5.62. The molecule has 8 heteroatoms. The van der Waals surface area contributed by atoms with Crippen LogP contribution >= 0.6 is 0 Å². The Morgan fingerprint density at radius 3 is 2.50 bits per heavy atom. The van der Waals surface area contributed by atoms with E-state index in [-0.39, 0.29) is 22.4 Å². The molecule has 0 radical (unpaired) electrons. The van der Waals surface area contributed by atoms with Gasteiger partial charge in [0.2, 0.25) is 0 Å². The maximum Gasteiger partial charge on any atom is 0.258 e. The summed E-state index contributed by atoms with van der Waals surface area (Å²) in [6, 6.07) is 4.97. The Kier molecular flexibility index (Phi) is 4.19. The highest BCUT2D eigenvalue weighted by Gasteiger charge is 2.23. The number of pyridine rings is 1. The van der Waals surface area contributed by atoms with Gasteiger partial charge < -0.3 is 4.98 Å². The van der Waals surface area contributed by atoms with Gasteiger partial charge in [0.05, 0.1) is 11.9 Å². The number of aromatic amines is 1. The fourth-order valence-corrected chi connectivity index (χ4v) is 2.31. The van der Waals surface area contributed by atoms with Crippen molar-refractivity contribution in [3.05, 3.63) is 87.2 Å². The molecule has 1 unspecified atom stereocenters. The molecule has 0 aliphatic carbocycles. The lowest BCUT2D eigenvalue weighted by Gasteiger charge is -2.12. The van der Waals surface area contributed by atoms with Gasteiger partial charge in [-0.2, -0.15) is 0 Å². The summed E-state index contributed by atoms with van der Waals surface area (Å²) in [5.74, 6) is -1.35. The zero-order chi connectivity index (χ0) is 17.1. The van der Waals surface area contributed by atoms with E-state index in [4.69, 9.17) is 0 Å². The molecule has 3 rings (SSSR count). The van der Waals surface area contributed by atoms with Crippen molar-refractivity contribution in [3.8, 4) is 11.1 Å². The summed E-state index contributed by atoms with van der Waals surface area (Å²) in [5, 5.41) is 2.90. The standard InChI is InChI=1S/C16H10F2N4O2/c17-10-3-1-9(2-4-10)14(22-24)15-13(18)11(5-6-20-15)12-7-19-8-21-16(12)23/h1-8,14H,(H,19,21,23). The van der Waals surface area contributed by atoms with Crippen LogP contribution in [0.3, 0.4) is 0 Å². The normalized spacial score (nSPS) is 11.9. The van der Waals surface area contributed by atoms with Crippen LogP contribution in [0.1, 0.15) is 17.3 Å². The summed E-state index contributed by atoms with van der Waals surface area (Å²) in [5.41, 5.74) is -0.543. The van der Waals surface area contributed by atoms with Crippen LogP contribution in [0.15, 0.2) is 59.0 Å². The molecule has 2 heterocycles. The third kappa shape index (κ3) is 2.81. The Morgan fingerprint density at radius 1 is 1.08 bits per heavy atom. The van der Waals surface area contributed by atoms with E-state index >= 15 is 0 Å². The van der Waals surface area contributed by atoms with E-state index in [0.29, 0.717) is 0 Å². The summed E-state index contributed by atoms with van der Waals surface area (Å²) in [6.07, 6.45) is 3.66. The fourth-order valence-electron chi connectivity index (χ4n) is 2.31. The minimum absolute atomic E-state index is 0.00223. The van der Waals surface area contributed by atoms with E-state index in [2.05, 4.69) is 20.1 Å². The van der Waals surface area contributed by atoms with Crippen LogP contribution in [0.4, 0.5) is 8.78 Å². The first-order valence-electron chi connectivity index (χ1n) is 6.87. The van der Waals surface area contributed by atoms with E-state index in [1.54, 1.807) is 0 Å². The lowest BCUT2D eigenvalue weighted by molar-refractivity contribution is 0.588. The van der Waals surface area contributed by atoms with Gasteiger partial charge in [0.1, 0.15) is 11.5 Å². The van der Waals surface area contributed by atoms with E-state index in [0.717, 1.165) is 12.1 Å². The van der Waals surface area contributed by atoms with Crippen LogP contribution in [0.5, 0.6) is 0 Å². The quantitative estimate of drug-likeness (QED) is 0.746. The van der Waals surface area contributed by atoms with Crippen molar-refractivity contribution in [2.45, 2.75) is 6.04 Å². The van der Waals surface area contributed by atoms with Gasteiger partial charge in [-0.3, -0.25) is 9.78 Å². The Balaban J connectivity index is 2.13. The minimum atomic E-state index is -1.26. The monoisotopic (exact) mass is 328 g/mol. The van der Waals surface area contributed by atoms with Crippen LogP contribution in [-0.2, 0) is 0 Å². The highest BCUT2D eigenvalue weighted by Crippen LogP contribution is 2.30. The van der Waals surface area contributed by atoms with Gasteiger partial charge in [0, 0.05) is 18.0 Å². The second-order valence-corrected chi connectivity index (χ2v) is 4.91. The molecule has 0 aliphatic heterocycles. The maximum atomic E-state index is 14.8. The molecule has 1 aromatic carbocycles. The van der Waals surface area contributed by atoms with Gasteiger partial charge in [-0.15, -0.1) is 4.91 Å². The number of benzene rings is 1. The lowest BCUT2D eigenvalue weighted by atomic mass is 10.0. The van der Waals surface area contributed by atoms with Crippen LogP contribution < -0.4 is 5.56 Å². The van der Waals surface area contributed by atoms with Crippen LogP contribution in [0, 0.1) is 16.5 Å². The van der Waals surface area contributed by atoms with Crippen LogP contribution in [0.2, 0.25) is 0 Å².